The number of fused-ring (bicyclic) bond motifs is 1. The van der Waals surface area contributed by atoms with Gasteiger partial charge in [0, 0.05) is 12.5 Å². The summed E-state index contributed by atoms with van der Waals surface area (Å²) < 4.78 is 0. The van der Waals surface area contributed by atoms with E-state index >= 15 is 0 Å². The molecule has 13 heavy (non-hydrogen) atoms. The van der Waals surface area contributed by atoms with E-state index in [1.807, 2.05) is 0 Å². The third-order valence-electron chi connectivity index (χ3n) is 3.37. The lowest BCUT2D eigenvalue weighted by Crippen LogP contribution is -2.28. The maximum absolute atomic E-state index is 11.5. The Kier molecular flexibility index (Phi) is 2.54. The van der Waals surface area contributed by atoms with Crippen LogP contribution in [0.25, 0.3) is 0 Å². The molecule has 0 aliphatic heterocycles. The van der Waals surface area contributed by atoms with Gasteiger partial charge >= 0.3 is 0 Å². The van der Waals surface area contributed by atoms with E-state index in [-0.39, 0.29) is 18.4 Å². The number of hydrogen-bond acceptors (Lipinski definition) is 2. The second-order valence-electron chi connectivity index (χ2n) is 4.15. The van der Waals surface area contributed by atoms with E-state index in [1.165, 1.54) is 25.7 Å². The maximum atomic E-state index is 11.5. The van der Waals surface area contributed by atoms with Gasteiger partial charge in [0.05, 0.1) is 6.61 Å². The molecule has 0 saturated heterocycles. The Morgan fingerprint density at radius 2 is 1.92 bits per heavy atom. The normalized spacial score (nSPS) is 36.5. The summed E-state index contributed by atoms with van der Waals surface area (Å²) in [6.07, 6.45) is 5.07. The van der Waals surface area contributed by atoms with E-state index in [9.17, 15) is 4.79 Å². The topological polar surface area (TPSA) is 49.3 Å². The molecule has 2 atom stereocenters. The Labute approximate surface area is 78.5 Å². The summed E-state index contributed by atoms with van der Waals surface area (Å²) in [4.78, 5) is 11.5. The van der Waals surface area contributed by atoms with E-state index in [0.717, 1.165) is 0 Å². The lowest BCUT2D eigenvalue weighted by Gasteiger charge is -2.04. The minimum Gasteiger partial charge on any atom is -0.395 e. The molecule has 0 aromatic heterocycles. The second kappa shape index (κ2) is 3.66. The molecule has 2 unspecified atom stereocenters. The molecule has 2 N–H and O–H groups in total. The Morgan fingerprint density at radius 1 is 1.31 bits per heavy atom. The number of aliphatic hydroxyl groups is 1. The molecule has 2 rings (SSSR count). The molecular formula is C10H17NO2. The fraction of sp³-hybridized carbons (Fsp3) is 0.900. The van der Waals surface area contributed by atoms with E-state index in [2.05, 4.69) is 5.32 Å². The zero-order valence-corrected chi connectivity index (χ0v) is 7.83. The lowest BCUT2D eigenvalue weighted by molar-refractivity contribution is -0.123. The molecular weight excluding hydrogens is 166 g/mol. The van der Waals surface area contributed by atoms with Crippen molar-refractivity contribution in [2.75, 3.05) is 13.2 Å². The van der Waals surface area contributed by atoms with Crippen LogP contribution in [-0.4, -0.2) is 24.2 Å². The summed E-state index contributed by atoms with van der Waals surface area (Å²) in [5.74, 6) is 1.81. The quantitative estimate of drug-likeness (QED) is 0.670. The fourth-order valence-corrected chi connectivity index (χ4v) is 2.68. The minimum atomic E-state index is 0.0494. The average Bonchev–Trinajstić information content (AvgIpc) is 2.88. The Morgan fingerprint density at radius 3 is 2.46 bits per heavy atom. The monoisotopic (exact) mass is 183 g/mol. The largest absolute Gasteiger partial charge is 0.395 e. The molecule has 2 aliphatic carbocycles. The first-order valence-electron chi connectivity index (χ1n) is 5.23. The van der Waals surface area contributed by atoms with Gasteiger partial charge in [-0.15, -0.1) is 0 Å². The van der Waals surface area contributed by atoms with Gasteiger partial charge in [-0.1, -0.05) is 12.8 Å². The highest BCUT2D eigenvalue weighted by Crippen LogP contribution is 2.55. The summed E-state index contributed by atoms with van der Waals surface area (Å²) in [5, 5.41) is 11.3. The summed E-state index contributed by atoms with van der Waals surface area (Å²) in [7, 11) is 0. The van der Waals surface area contributed by atoms with Crippen LogP contribution in [0.1, 0.15) is 25.7 Å². The summed E-state index contributed by atoms with van der Waals surface area (Å²) in [6.45, 7) is 0.461. The summed E-state index contributed by atoms with van der Waals surface area (Å²) in [5.41, 5.74) is 0. The molecule has 0 bridgehead atoms. The second-order valence-corrected chi connectivity index (χ2v) is 4.15. The van der Waals surface area contributed by atoms with Crippen LogP contribution < -0.4 is 5.32 Å². The third kappa shape index (κ3) is 1.70. The highest BCUT2D eigenvalue weighted by Gasteiger charge is 2.54. The minimum absolute atomic E-state index is 0.0494. The molecule has 0 aromatic rings. The highest BCUT2D eigenvalue weighted by molar-refractivity contribution is 5.82. The van der Waals surface area contributed by atoms with Crippen molar-refractivity contribution in [2.45, 2.75) is 25.7 Å². The number of aliphatic hydroxyl groups excluding tert-OH is 1. The first-order chi connectivity index (χ1) is 6.34. The Hall–Kier alpha value is -0.570. The van der Waals surface area contributed by atoms with Crippen LogP contribution in [0.3, 0.4) is 0 Å². The number of hydrogen-bond donors (Lipinski definition) is 2. The average molecular weight is 183 g/mol. The van der Waals surface area contributed by atoms with Crippen LogP contribution in [0.5, 0.6) is 0 Å². The van der Waals surface area contributed by atoms with E-state index in [1.54, 1.807) is 0 Å². The number of nitrogens with one attached hydrogen (secondary N) is 1. The molecule has 3 heteroatoms. The van der Waals surface area contributed by atoms with Crippen molar-refractivity contribution in [2.24, 2.45) is 17.8 Å². The maximum Gasteiger partial charge on any atom is 0.223 e. The highest BCUT2D eigenvalue weighted by atomic mass is 16.3. The predicted molar refractivity (Wildman–Crippen MR) is 49.0 cm³/mol. The van der Waals surface area contributed by atoms with Crippen molar-refractivity contribution in [3.05, 3.63) is 0 Å². The zero-order chi connectivity index (χ0) is 9.26. The zero-order valence-electron chi connectivity index (χ0n) is 7.83. The van der Waals surface area contributed by atoms with E-state index in [4.69, 9.17) is 5.11 Å². The SMILES string of the molecule is O=C(NCCO)C1C2CCCCC21. The van der Waals surface area contributed by atoms with Crippen molar-refractivity contribution in [1.82, 2.24) is 5.32 Å². The molecule has 0 aromatic carbocycles. The van der Waals surface area contributed by atoms with Gasteiger partial charge in [-0.3, -0.25) is 4.79 Å². The van der Waals surface area contributed by atoms with Crippen LogP contribution in [0.15, 0.2) is 0 Å². The van der Waals surface area contributed by atoms with Crippen molar-refractivity contribution >= 4 is 5.91 Å². The van der Waals surface area contributed by atoms with Crippen LogP contribution in [-0.2, 0) is 4.79 Å². The van der Waals surface area contributed by atoms with Gasteiger partial charge < -0.3 is 10.4 Å². The van der Waals surface area contributed by atoms with Crippen LogP contribution in [0, 0.1) is 17.8 Å². The molecule has 1 amide bonds. The molecule has 2 fully saturated rings. The van der Waals surface area contributed by atoms with Gasteiger partial charge in [-0.05, 0) is 24.7 Å². The molecule has 0 spiro atoms. The van der Waals surface area contributed by atoms with Crippen molar-refractivity contribution < 1.29 is 9.90 Å². The molecule has 74 valence electrons. The number of rotatable bonds is 3. The van der Waals surface area contributed by atoms with Crippen molar-refractivity contribution in [3.63, 3.8) is 0 Å². The summed E-state index contributed by atoms with van der Waals surface area (Å²) in [6, 6.07) is 0. The van der Waals surface area contributed by atoms with Crippen LogP contribution in [0.2, 0.25) is 0 Å². The lowest BCUT2D eigenvalue weighted by atomic mass is 10.0. The van der Waals surface area contributed by atoms with Gasteiger partial charge in [0.15, 0.2) is 0 Å². The first-order valence-corrected chi connectivity index (χ1v) is 5.23. The van der Waals surface area contributed by atoms with Crippen molar-refractivity contribution in [3.8, 4) is 0 Å². The Balaban J connectivity index is 1.79. The van der Waals surface area contributed by atoms with E-state index in [0.29, 0.717) is 18.4 Å². The van der Waals surface area contributed by atoms with Gasteiger partial charge in [-0.25, -0.2) is 0 Å². The third-order valence-corrected chi connectivity index (χ3v) is 3.37. The number of carbonyl (C=O) groups excluding carboxylic acids is 1. The predicted octanol–water partition coefficient (Wildman–Crippen LogP) is 0.531. The molecule has 0 radical (unpaired) electrons. The number of carbonyl (C=O) groups is 1. The van der Waals surface area contributed by atoms with Crippen LogP contribution >= 0.6 is 0 Å². The van der Waals surface area contributed by atoms with Crippen molar-refractivity contribution in [1.29, 1.82) is 0 Å². The molecule has 3 nitrogen and oxygen atoms in total. The van der Waals surface area contributed by atoms with E-state index < -0.39 is 0 Å². The van der Waals surface area contributed by atoms with Gasteiger partial charge in [0.2, 0.25) is 5.91 Å². The van der Waals surface area contributed by atoms with Crippen LogP contribution in [0.4, 0.5) is 0 Å². The van der Waals surface area contributed by atoms with Gasteiger partial charge in [0.25, 0.3) is 0 Å². The van der Waals surface area contributed by atoms with Gasteiger partial charge in [-0.2, -0.15) is 0 Å². The standard InChI is InChI=1S/C10H17NO2/c12-6-5-11-10(13)9-7-3-1-2-4-8(7)9/h7-9,12H,1-6H2,(H,11,13). The Bertz CT molecular complexity index is 193. The van der Waals surface area contributed by atoms with Gasteiger partial charge in [0.1, 0.15) is 0 Å². The fourth-order valence-electron chi connectivity index (χ4n) is 2.68. The first kappa shape index (κ1) is 9.00. The molecule has 0 heterocycles. The molecule has 2 saturated carbocycles. The number of amides is 1. The smallest absolute Gasteiger partial charge is 0.223 e. The summed E-state index contributed by atoms with van der Waals surface area (Å²) >= 11 is 0. The molecule has 2 aliphatic rings.